The number of esters is 2. The summed E-state index contributed by atoms with van der Waals surface area (Å²) in [5.41, 5.74) is 5.59. The van der Waals surface area contributed by atoms with Crippen molar-refractivity contribution in [1.29, 1.82) is 0 Å². The highest BCUT2D eigenvalue weighted by Gasteiger charge is 2.40. The van der Waals surface area contributed by atoms with Crippen molar-refractivity contribution in [3.05, 3.63) is 114 Å². The molecule has 2 aromatic carbocycles. The normalized spacial score (nSPS) is 13.5. The summed E-state index contributed by atoms with van der Waals surface area (Å²) in [6.45, 7) is 15.4. The summed E-state index contributed by atoms with van der Waals surface area (Å²) in [5.74, 6) is -1.22. The summed E-state index contributed by atoms with van der Waals surface area (Å²) in [4.78, 5) is 27.1. The number of allylic oxidation sites excluding steroid dienone is 2. The molecule has 1 aromatic heterocycles. The summed E-state index contributed by atoms with van der Waals surface area (Å²) >= 11 is 0. The van der Waals surface area contributed by atoms with Crippen LogP contribution in [0.25, 0.3) is 16.9 Å². The van der Waals surface area contributed by atoms with Crippen molar-refractivity contribution >= 4 is 11.9 Å². The summed E-state index contributed by atoms with van der Waals surface area (Å²) in [5, 5.41) is 8.18. The Hall–Kier alpha value is -4.85. The quantitative estimate of drug-likeness (QED) is 0.232. The molecule has 0 unspecified atom stereocenters. The lowest BCUT2D eigenvalue weighted by Gasteiger charge is -2.30. The van der Waals surface area contributed by atoms with E-state index in [1.807, 2.05) is 68.6 Å². The van der Waals surface area contributed by atoms with Crippen LogP contribution < -0.4 is 10.1 Å². The highest BCUT2D eigenvalue weighted by Crippen LogP contribution is 2.44. The van der Waals surface area contributed by atoms with Gasteiger partial charge < -0.3 is 19.5 Å². The molecular formula is C33H35N3O5. The Kier molecular flexibility index (Phi) is 9.24. The molecule has 0 saturated heterocycles. The van der Waals surface area contributed by atoms with E-state index in [4.69, 9.17) is 19.3 Å². The fourth-order valence-electron chi connectivity index (χ4n) is 4.95. The molecule has 0 spiro atoms. The van der Waals surface area contributed by atoms with Gasteiger partial charge in [0.05, 0.1) is 35.1 Å². The van der Waals surface area contributed by atoms with Gasteiger partial charge in [-0.05, 0) is 63.6 Å². The third-order valence-corrected chi connectivity index (χ3v) is 6.70. The number of para-hydroxylation sites is 1. The van der Waals surface area contributed by atoms with Crippen molar-refractivity contribution < 1.29 is 23.8 Å². The molecule has 3 aromatic rings. The van der Waals surface area contributed by atoms with Crippen molar-refractivity contribution in [3.8, 4) is 22.7 Å². The smallest absolute Gasteiger partial charge is 0.337 e. The standard InChI is InChI=1S/C33H35N3O5/c1-7-17-40-32(37)28-22(5)34-23(6)29(33(38)41-18-8-2)30(28)27-20-36(24-13-11-10-12-14-24)35-31(27)26-16-15-25(39-9-3)19-21(26)4/h7-8,10-16,19-20,30,34H,1-2,9,17-18H2,3-6H3. The Morgan fingerprint density at radius 3 is 2.10 bits per heavy atom. The Balaban J connectivity index is 2.00. The largest absolute Gasteiger partial charge is 0.494 e. The van der Waals surface area contributed by atoms with E-state index >= 15 is 0 Å². The minimum Gasteiger partial charge on any atom is -0.494 e. The van der Waals surface area contributed by atoms with E-state index in [0.717, 1.165) is 22.6 Å². The van der Waals surface area contributed by atoms with Crippen LogP contribution >= 0.6 is 0 Å². The highest BCUT2D eigenvalue weighted by molar-refractivity contribution is 6.00. The van der Waals surface area contributed by atoms with Gasteiger partial charge in [-0.3, -0.25) is 0 Å². The van der Waals surface area contributed by atoms with Gasteiger partial charge in [-0.2, -0.15) is 5.10 Å². The maximum Gasteiger partial charge on any atom is 0.337 e. The molecule has 8 nitrogen and oxygen atoms in total. The van der Waals surface area contributed by atoms with E-state index < -0.39 is 17.9 Å². The first kappa shape index (κ1) is 29.1. The molecule has 0 bridgehead atoms. The van der Waals surface area contributed by atoms with E-state index in [1.54, 1.807) is 18.5 Å². The van der Waals surface area contributed by atoms with E-state index in [2.05, 4.69) is 18.5 Å². The molecule has 8 heteroatoms. The molecule has 212 valence electrons. The maximum absolute atomic E-state index is 13.5. The number of benzene rings is 2. The molecule has 2 heterocycles. The first-order valence-corrected chi connectivity index (χ1v) is 13.4. The van der Waals surface area contributed by atoms with Crippen molar-refractivity contribution in [2.45, 2.75) is 33.6 Å². The number of rotatable bonds is 11. The minimum atomic E-state index is -0.829. The lowest BCUT2D eigenvalue weighted by molar-refractivity contribution is -0.138. The number of hydrogen-bond acceptors (Lipinski definition) is 7. The van der Waals surface area contributed by atoms with Gasteiger partial charge in [0.25, 0.3) is 0 Å². The fourth-order valence-corrected chi connectivity index (χ4v) is 4.95. The van der Waals surface area contributed by atoms with E-state index in [9.17, 15) is 9.59 Å². The minimum absolute atomic E-state index is 0.0232. The summed E-state index contributed by atoms with van der Waals surface area (Å²) in [6, 6.07) is 15.4. The van der Waals surface area contributed by atoms with Crippen molar-refractivity contribution in [2.24, 2.45) is 0 Å². The number of nitrogens with zero attached hydrogens (tertiary/aromatic N) is 2. The zero-order valence-corrected chi connectivity index (χ0v) is 23.9. The molecule has 0 saturated carbocycles. The number of aryl methyl sites for hydroxylation is 1. The Labute approximate surface area is 240 Å². The van der Waals surface area contributed by atoms with Crippen LogP contribution in [0.1, 0.15) is 37.8 Å². The molecular weight excluding hydrogens is 518 g/mol. The van der Waals surface area contributed by atoms with Crippen LogP contribution in [0.15, 0.2) is 103 Å². The van der Waals surface area contributed by atoms with Crippen LogP contribution in [-0.2, 0) is 19.1 Å². The van der Waals surface area contributed by atoms with E-state index in [0.29, 0.717) is 40.4 Å². The van der Waals surface area contributed by atoms with E-state index in [1.165, 1.54) is 12.2 Å². The summed E-state index contributed by atoms with van der Waals surface area (Å²) < 4.78 is 18.5. The number of dihydropyridines is 1. The van der Waals surface area contributed by atoms with Gasteiger partial charge in [-0.1, -0.05) is 43.5 Å². The Morgan fingerprint density at radius 2 is 1.56 bits per heavy atom. The van der Waals surface area contributed by atoms with Gasteiger partial charge >= 0.3 is 11.9 Å². The molecule has 0 aliphatic carbocycles. The lowest BCUT2D eigenvalue weighted by atomic mass is 9.79. The molecule has 0 atom stereocenters. The van der Waals surface area contributed by atoms with Crippen LogP contribution in [0.5, 0.6) is 5.75 Å². The van der Waals surface area contributed by atoms with Gasteiger partial charge in [0.15, 0.2) is 0 Å². The van der Waals surface area contributed by atoms with Crippen molar-refractivity contribution in [1.82, 2.24) is 15.1 Å². The van der Waals surface area contributed by atoms with Gasteiger partial charge in [-0.15, -0.1) is 0 Å². The average molecular weight is 554 g/mol. The van der Waals surface area contributed by atoms with Crippen LogP contribution in [0.2, 0.25) is 0 Å². The lowest BCUT2D eigenvalue weighted by Crippen LogP contribution is -2.32. The zero-order chi connectivity index (χ0) is 29.5. The average Bonchev–Trinajstić information content (AvgIpc) is 3.40. The van der Waals surface area contributed by atoms with Gasteiger partial charge in [0.2, 0.25) is 0 Å². The number of nitrogens with one attached hydrogen (secondary N) is 1. The first-order valence-electron chi connectivity index (χ1n) is 13.4. The first-order chi connectivity index (χ1) is 19.8. The van der Waals surface area contributed by atoms with Crippen LogP contribution in [0.3, 0.4) is 0 Å². The SMILES string of the molecule is C=CCOC(=O)C1=C(C)NC(C)=C(C(=O)OCC=C)C1c1cn(-c2ccccc2)nc1-c1ccc(OCC)cc1C. The predicted octanol–water partition coefficient (Wildman–Crippen LogP) is 5.94. The number of aromatic nitrogens is 2. The number of carbonyl (C=O) groups excluding carboxylic acids is 2. The zero-order valence-electron chi connectivity index (χ0n) is 23.9. The van der Waals surface area contributed by atoms with Crippen LogP contribution in [0, 0.1) is 6.92 Å². The Morgan fingerprint density at radius 1 is 0.951 bits per heavy atom. The van der Waals surface area contributed by atoms with Gasteiger partial charge in [0, 0.05) is 28.7 Å². The third kappa shape index (κ3) is 6.17. The van der Waals surface area contributed by atoms with Crippen LogP contribution in [0.4, 0.5) is 0 Å². The van der Waals surface area contributed by atoms with Crippen molar-refractivity contribution in [3.63, 3.8) is 0 Å². The number of hydrogen-bond donors (Lipinski definition) is 1. The second-order valence-electron chi connectivity index (χ2n) is 9.53. The fraction of sp³-hybridized carbons (Fsp3) is 0.242. The summed E-state index contributed by atoms with van der Waals surface area (Å²) in [7, 11) is 0. The molecule has 1 aliphatic heterocycles. The molecule has 4 rings (SSSR count). The van der Waals surface area contributed by atoms with Crippen molar-refractivity contribution in [2.75, 3.05) is 19.8 Å². The molecule has 0 radical (unpaired) electrons. The predicted molar refractivity (Wildman–Crippen MR) is 158 cm³/mol. The van der Waals surface area contributed by atoms with Gasteiger partial charge in [0.1, 0.15) is 19.0 Å². The monoisotopic (exact) mass is 553 g/mol. The highest BCUT2D eigenvalue weighted by atomic mass is 16.5. The summed E-state index contributed by atoms with van der Waals surface area (Å²) in [6.07, 6.45) is 4.86. The van der Waals surface area contributed by atoms with E-state index in [-0.39, 0.29) is 13.2 Å². The number of ether oxygens (including phenoxy) is 3. The number of carbonyl (C=O) groups is 2. The third-order valence-electron chi connectivity index (χ3n) is 6.70. The molecule has 0 fully saturated rings. The molecule has 1 aliphatic rings. The topological polar surface area (TPSA) is 91.7 Å². The molecule has 41 heavy (non-hydrogen) atoms. The Bertz CT molecular complexity index is 1490. The second-order valence-corrected chi connectivity index (χ2v) is 9.53. The van der Waals surface area contributed by atoms with Gasteiger partial charge in [-0.25, -0.2) is 14.3 Å². The molecule has 1 N–H and O–H groups in total. The molecule has 0 amide bonds. The van der Waals surface area contributed by atoms with Crippen LogP contribution in [-0.4, -0.2) is 41.5 Å². The second kappa shape index (κ2) is 13.0. The maximum atomic E-state index is 13.5.